The van der Waals surface area contributed by atoms with Crippen LogP contribution in [0.15, 0.2) is 29.1 Å². The largest absolute Gasteiger partial charge is 0.335 e. The Kier molecular flexibility index (Phi) is 5.86. The summed E-state index contributed by atoms with van der Waals surface area (Å²) in [6.07, 6.45) is 4.42. The van der Waals surface area contributed by atoms with Gasteiger partial charge in [0.15, 0.2) is 0 Å². The van der Waals surface area contributed by atoms with E-state index in [1.165, 1.54) is 6.42 Å². The number of rotatable bonds is 4. The molecule has 1 aliphatic carbocycles. The Morgan fingerprint density at radius 1 is 1.33 bits per heavy atom. The van der Waals surface area contributed by atoms with Crippen molar-refractivity contribution in [3.8, 4) is 0 Å². The van der Waals surface area contributed by atoms with E-state index in [-0.39, 0.29) is 29.3 Å². The van der Waals surface area contributed by atoms with E-state index in [4.69, 9.17) is 0 Å². The Labute approximate surface area is 165 Å². The molecular formula is C20H27ClN4O2. The number of H-pyrrole nitrogens is 1. The minimum atomic E-state index is -0.272. The average Bonchev–Trinajstić information content (AvgIpc) is 3.11. The monoisotopic (exact) mass is 390 g/mol. The summed E-state index contributed by atoms with van der Waals surface area (Å²) in [6, 6.07) is 7.31. The smallest absolute Gasteiger partial charge is 0.258 e. The number of benzene rings is 1. The van der Waals surface area contributed by atoms with Gasteiger partial charge in [-0.05, 0) is 44.4 Å². The van der Waals surface area contributed by atoms with Crippen molar-refractivity contribution >= 4 is 29.2 Å². The highest BCUT2D eigenvalue weighted by molar-refractivity contribution is 5.85. The number of nitrogens with one attached hydrogen (secondary N) is 2. The number of carbonyl (C=O) groups excluding carboxylic acids is 1. The number of hydrogen-bond acceptors (Lipinski definition) is 4. The molecule has 2 heterocycles. The normalized spacial score (nSPS) is 24.3. The average molecular weight is 391 g/mol. The predicted molar refractivity (Wildman–Crippen MR) is 108 cm³/mol. The number of aromatic amines is 1. The van der Waals surface area contributed by atoms with Gasteiger partial charge < -0.3 is 15.2 Å². The highest BCUT2D eigenvalue weighted by Crippen LogP contribution is 2.45. The van der Waals surface area contributed by atoms with Gasteiger partial charge in [0.05, 0.1) is 22.9 Å². The number of fused-ring (bicyclic) bond motifs is 2. The molecule has 1 saturated carbocycles. The summed E-state index contributed by atoms with van der Waals surface area (Å²) in [5.41, 5.74) is 0.252. The highest BCUT2D eigenvalue weighted by Gasteiger charge is 2.51. The van der Waals surface area contributed by atoms with Gasteiger partial charge in [-0.2, -0.15) is 0 Å². The third-order valence-corrected chi connectivity index (χ3v) is 6.14. The van der Waals surface area contributed by atoms with Gasteiger partial charge in [-0.15, -0.1) is 12.4 Å². The van der Waals surface area contributed by atoms with Crippen molar-refractivity contribution in [2.75, 3.05) is 19.6 Å². The fourth-order valence-corrected chi connectivity index (χ4v) is 4.70. The molecule has 1 aliphatic heterocycles. The number of hydrogen-bond donors (Lipinski definition) is 2. The molecule has 146 valence electrons. The molecule has 2 aromatic rings. The van der Waals surface area contributed by atoms with Crippen LogP contribution in [0.25, 0.3) is 10.9 Å². The van der Waals surface area contributed by atoms with Gasteiger partial charge in [0.25, 0.3) is 5.56 Å². The summed E-state index contributed by atoms with van der Waals surface area (Å²) in [5.74, 6) is 1.20. The lowest BCUT2D eigenvalue weighted by atomic mass is 9.67. The molecule has 2 atom stereocenters. The molecular weight excluding hydrogens is 364 g/mol. The molecule has 1 amide bonds. The third kappa shape index (κ3) is 3.48. The van der Waals surface area contributed by atoms with E-state index in [1.807, 2.05) is 30.0 Å². The van der Waals surface area contributed by atoms with Crippen LogP contribution in [-0.2, 0) is 11.3 Å². The van der Waals surface area contributed by atoms with Gasteiger partial charge in [0, 0.05) is 13.1 Å². The Morgan fingerprint density at radius 3 is 2.96 bits per heavy atom. The topological polar surface area (TPSA) is 78.1 Å². The zero-order chi connectivity index (χ0) is 18.1. The van der Waals surface area contributed by atoms with Crippen molar-refractivity contribution in [1.82, 2.24) is 20.2 Å². The van der Waals surface area contributed by atoms with E-state index in [2.05, 4.69) is 15.3 Å². The van der Waals surface area contributed by atoms with Crippen LogP contribution in [0.3, 0.4) is 0 Å². The van der Waals surface area contributed by atoms with Gasteiger partial charge in [-0.1, -0.05) is 25.0 Å². The standard InChI is InChI=1S/C20H26N4O2.ClH/c1-2-24(19(26)20-10-6-5-7-14(20)11-21-13-20)12-17-22-16-9-4-3-8-15(16)18(25)23-17;/h3-4,8-9,14,21H,2,5-7,10-13H2,1H3,(H,22,23,25);1H/t14-,20+;/m0./s1. The Hall–Kier alpha value is -1.92. The van der Waals surface area contributed by atoms with Crippen LogP contribution in [-0.4, -0.2) is 40.4 Å². The SMILES string of the molecule is CCN(Cc1nc2ccccc2c(=O)[nH]1)C(=O)[C@@]12CCCC[C@H]1CNC2.Cl. The van der Waals surface area contributed by atoms with Crippen LogP contribution < -0.4 is 10.9 Å². The zero-order valence-corrected chi connectivity index (χ0v) is 16.5. The summed E-state index contributed by atoms with van der Waals surface area (Å²) < 4.78 is 0. The summed E-state index contributed by atoms with van der Waals surface area (Å²) in [5, 5.41) is 4.02. The molecule has 7 heteroatoms. The van der Waals surface area contributed by atoms with Gasteiger partial charge in [-0.3, -0.25) is 9.59 Å². The molecule has 1 aromatic heterocycles. The van der Waals surface area contributed by atoms with Crippen molar-refractivity contribution in [3.63, 3.8) is 0 Å². The molecule has 27 heavy (non-hydrogen) atoms. The molecule has 2 aliphatic rings. The van der Waals surface area contributed by atoms with Crippen LogP contribution in [0.4, 0.5) is 0 Å². The predicted octanol–water partition coefficient (Wildman–Crippen LogP) is 2.47. The first kappa shape index (κ1) is 19.8. The van der Waals surface area contributed by atoms with Crippen LogP contribution in [0.5, 0.6) is 0 Å². The maximum Gasteiger partial charge on any atom is 0.258 e. The number of carbonyl (C=O) groups is 1. The lowest BCUT2D eigenvalue weighted by Crippen LogP contribution is -2.49. The summed E-state index contributed by atoms with van der Waals surface area (Å²) in [7, 11) is 0. The fraction of sp³-hybridized carbons (Fsp3) is 0.550. The maximum absolute atomic E-state index is 13.5. The second kappa shape index (κ2) is 7.98. The maximum atomic E-state index is 13.5. The van der Waals surface area contributed by atoms with Gasteiger partial charge in [-0.25, -0.2) is 4.98 Å². The molecule has 2 N–H and O–H groups in total. The summed E-state index contributed by atoms with van der Waals surface area (Å²) in [6.45, 7) is 4.67. The first-order valence-corrected chi connectivity index (χ1v) is 9.62. The van der Waals surface area contributed by atoms with Crippen molar-refractivity contribution in [3.05, 3.63) is 40.4 Å². The van der Waals surface area contributed by atoms with E-state index >= 15 is 0 Å². The second-order valence-corrected chi connectivity index (χ2v) is 7.58. The molecule has 4 rings (SSSR count). The number of nitrogens with zero attached hydrogens (tertiary/aromatic N) is 2. The van der Waals surface area contributed by atoms with Gasteiger partial charge >= 0.3 is 0 Å². The van der Waals surface area contributed by atoms with E-state index in [0.29, 0.717) is 35.7 Å². The van der Waals surface area contributed by atoms with Gasteiger partial charge in [0.1, 0.15) is 5.82 Å². The van der Waals surface area contributed by atoms with E-state index in [9.17, 15) is 9.59 Å². The quantitative estimate of drug-likeness (QED) is 0.840. The van der Waals surface area contributed by atoms with Crippen LogP contribution in [0.2, 0.25) is 0 Å². The zero-order valence-electron chi connectivity index (χ0n) is 15.7. The minimum absolute atomic E-state index is 0. The lowest BCUT2D eigenvalue weighted by molar-refractivity contribution is -0.146. The highest BCUT2D eigenvalue weighted by atomic mass is 35.5. The Morgan fingerprint density at radius 2 is 2.15 bits per heavy atom. The van der Waals surface area contributed by atoms with Crippen molar-refractivity contribution in [2.45, 2.75) is 39.2 Å². The van der Waals surface area contributed by atoms with Gasteiger partial charge in [0.2, 0.25) is 5.91 Å². The summed E-state index contributed by atoms with van der Waals surface area (Å²) in [4.78, 5) is 35.0. The fourth-order valence-electron chi connectivity index (χ4n) is 4.70. The van der Waals surface area contributed by atoms with Crippen molar-refractivity contribution in [1.29, 1.82) is 0 Å². The molecule has 2 fully saturated rings. The lowest BCUT2D eigenvalue weighted by Gasteiger charge is -2.40. The number of para-hydroxylation sites is 1. The number of amides is 1. The molecule has 6 nitrogen and oxygen atoms in total. The van der Waals surface area contributed by atoms with Crippen LogP contribution in [0.1, 0.15) is 38.4 Å². The van der Waals surface area contributed by atoms with E-state index in [1.54, 1.807) is 6.07 Å². The molecule has 1 aromatic carbocycles. The van der Waals surface area contributed by atoms with E-state index in [0.717, 1.165) is 32.4 Å². The van der Waals surface area contributed by atoms with Crippen LogP contribution in [0, 0.1) is 11.3 Å². The summed E-state index contributed by atoms with van der Waals surface area (Å²) >= 11 is 0. The third-order valence-electron chi connectivity index (χ3n) is 6.14. The molecule has 0 radical (unpaired) electrons. The molecule has 0 bridgehead atoms. The number of halogens is 1. The van der Waals surface area contributed by atoms with Crippen molar-refractivity contribution in [2.24, 2.45) is 11.3 Å². The van der Waals surface area contributed by atoms with Crippen LogP contribution >= 0.6 is 12.4 Å². The minimum Gasteiger partial charge on any atom is -0.335 e. The molecule has 1 saturated heterocycles. The first-order chi connectivity index (χ1) is 12.6. The van der Waals surface area contributed by atoms with E-state index < -0.39 is 0 Å². The molecule has 0 unspecified atom stereocenters. The molecule has 0 spiro atoms. The van der Waals surface area contributed by atoms with Crippen molar-refractivity contribution < 1.29 is 4.79 Å². The Bertz CT molecular complexity index is 884. The number of aromatic nitrogens is 2. The second-order valence-electron chi connectivity index (χ2n) is 7.58. The Balaban J connectivity index is 0.00000210. The first-order valence-electron chi connectivity index (χ1n) is 9.62.